The van der Waals surface area contributed by atoms with Gasteiger partial charge >= 0.3 is 0 Å². The summed E-state index contributed by atoms with van der Waals surface area (Å²) in [5.41, 5.74) is 6.41. The molecule has 0 saturated carbocycles. The number of aryl methyl sites for hydroxylation is 1. The van der Waals surface area contributed by atoms with E-state index in [0.717, 1.165) is 32.0 Å². The Kier molecular flexibility index (Phi) is 7.30. The zero-order valence-corrected chi connectivity index (χ0v) is 18.0. The van der Waals surface area contributed by atoms with E-state index in [1.807, 2.05) is 0 Å². The van der Waals surface area contributed by atoms with Gasteiger partial charge in [0.05, 0.1) is 6.54 Å². The minimum Gasteiger partial charge on any atom is -0.361 e. The van der Waals surface area contributed by atoms with Gasteiger partial charge in [0, 0.05) is 36.7 Å². The summed E-state index contributed by atoms with van der Waals surface area (Å²) in [5, 5.41) is 8.14. The third-order valence-electron chi connectivity index (χ3n) is 4.97. The number of H-pyrrole nitrogens is 1. The highest BCUT2D eigenvalue weighted by atomic mass is 15.2. The van der Waals surface area contributed by atoms with E-state index in [0.29, 0.717) is 6.54 Å². The van der Waals surface area contributed by atoms with E-state index < -0.39 is 0 Å². The van der Waals surface area contributed by atoms with Crippen LogP contribution in [0.4, 0.5) is 0 Å². The van der Waals surface area contributed by atoms with Crippen LogP contribution in [0.15, 0.2) is 53.7 Å². The van der Waals surface area contributed by atoms with Gasteiger partial charge in [-0.3, -0.25) is 0 Å². The topological polar surface area (TPSA) is 55.5 Å². The monoisotopic (exact) mass is 391 g/mol. The number of aliphatic imine (C=N–C) groups is 1. The normalized spacial score (nSPS) is 12.0. The van der Waals surface area contributed by atoms with Gasteiger partial charge in [0.15, 0.2) is 5.96 Å². The zero-order chi connectivity index (χ0) is 20.6. The second kappa shape index (κ2) is 10.1. The third-order valence-corrected chi connectivity index (χ3v) is 4.97. The molecule has 0 spiro atoms. The minimum absolute atomic E-state index is 0.672. The molecule has 0 bridgehead atoms. The van der Waals surface area contributed by atoms with Crippen molar-refractivity contribution in [3.05, 3.63) is 70.9 Å². The molecule has 1 aromatic heterocycles. The maximum absolute atomic E-state index is 4.81. The summed E-state index contributed by atoms with van der Waals surface area (Å²) in [4.78, 5) is 10.4. The van der Waals surface area contributed by atoms with Gasteiger partial charge < -0.3 is 20.5 Å². The number of aromatic nitrogens is 1. The molecular formula is C24H33N5. The van der Waals surface area contributed by atoms with E-state index in [9.17, 15) is 0 Å². The number of nitrogens with zero attached hydrogens (tertiary/aromatic N) is 2. The summed E-state index contributed by atoms with van der Waals surface area (Å²) in [5.74, 6) is 0.864. The van der Waals surface area contributed by atoms with Crippen molar-refractivity contribution in [2.24, 2.45) is 4.99 Å². The first-order valence-corrected chi connectivity index (χ1v) is 10.4. The molecule has 0 unspecified atom stereocenters. The number of hydrogen-bond acceptors (Lipinski definition) is 2. The summed E-state index contributed by atoms with van der Waals surface area (Å²) < 4.78 is 0. The number of hydrogen-bond donors (Lipinski definition) is 3. The SMILES string of the molecule is CCNC(=NCc1ccccc1CN(C)C)NCCc1c[nH]c2cc(C)ccc12. The molecule has 0 aliphatic carbocycles. The number of benzene rings is 2. The number of guanidine groups is 1. The molecule has 0 radical (unpaired) electrons. The van der Waals surface area contributed by atoms with Crippen LogP contribution in [0.5, 0.6) is 0 Å². The highest BCUT2D eigenvalue weighted by Crippen LogP contribution is 2.19. The van der Waals surface area contributed by atoms with Gasteiger partial charge in [0.2, 0.25) is 0 Å². The molecule has 0 atom stereocenters. The predicted octanol–water partition coefficient (Wildman–Crippen LogP) is 3.84. The molecule has 0 aliphatic heterocycles. The Morgan fingerprint density at radius 2 is 1.83 bits per heavy atom. The van der Waals surface area contributed by atoms with Gasteiger partial charge in [0.25, 0.3) is 0 Å². The molecule has 3 rings (SSSR count). The molecule has 0 fully saturated rings. The van der Waals surface area contributed by atoms with Crippen LogP contribution in [-0.4, -0.2) is 43.0 Å². The first kappa shape index (κ1) is 20.9. The lowest BCUT2D eigenvalue weighted by Gasteiger charge is -2.14. The highest BCUT2D eigenvalue weighted by Gasteiger charge is 2.06. The first-order valence-electron chi connectivity index (χ1n) is 10.4. The predicted molar refractivity (Wildman–Crippen MR) is 123 cm³/mol. The molecule has 0 amide bonds. The highest BCUT2D eigenvalue weighted by molar-refractivity contribution is 5.84. The van der Waals surface area contributed by atoms with Gasteiger partial charge in [-0.2, -0.15) is 0 Å². The molecule has 3 aromatic rings. The van der Waals surface area contributed by atoms with E-state index in [2.05, 4.69) is 97.1 Å². The molecule has 1 heterocycles. The second-order valence-corrected chi connectivity index (χ2v) is 7.74. The largest absolute Gasteiger partial charge is 0.361 e. The van der Waals surface area contributed by atoms with E-state index in [1.54, 1.807) is 0 Å². The number of nitrogens with one attached hydrogen (secondary N) is 3. The van der Waals surface area contributed by atoms with E-state index >= 15 is 0 Å². The molecule has 0 saturated heterocycles. The molecule has 5 nitrogen and oxygen atoms in total. The zero-order valence-electron chi connectivity index (χ0n) is 18.0. The smallest absolute Gasteiger partial charge is 0.191 e. The van der Waals surface area contributed by atoms with Crippen molar-refractivity contribution in [2.75, 3.05) is 27.2 Å². The van der Waals surface area contributed by atoms with Crippen molar-refractivity contribution in [3.63, 3.8) is 0 Å². The third kappa shape index (κ3) is 5.84. The molecule has 29 heavy (non-hydrogen) atoms. The van der Waals surface area contributed by atoms with Crippen molar-refractivity contribution < 1.29 is 0 Å². The molecular weight excluding hydrogens is 358 g/mol. The van der Waals surface area contributed by atoms with Crippen molar-refractivity contribution in [1.29, 1.82) is 0 Å². The summed E-state index contributed by atoms with van der Waals surface area (Å²) in [7, 11) is 4.19. The summed E-state index contributed by atoms with van der Waals surface area (Å²) >= 11 is 0. The Morgan fingerprint density at radius 1 is 1.03 bits per heavy atom. The van der Waals surface area contributed by atoms with Crippen molar-refractivity contribution in [1.82, 2.24) is 20.5 Å². The van der Waals surface area contributed by atoms with Crippen molar-refractivity contribution in [3.8, 4) is 0 Å². The van der Waals surface area contributed by atoms with Crippen LogP contribution in [-0.2, 0) is 19.5 Å². The first-order chi connectivity index (χ1) is 14.1. The summed E-state index contributed by atoms with van der Waals surface area (Å²) in [6, 6.07) is 15.1. The minimum atomic E-state index is 0.672. The number of rotatable bonds is 8. The Bertz CT molecular complexity index is 955. The standard InChI is InChI=1S/C24H33N5/c1-5-25-24(28-15-19-8-6-7-9-21(19)17-29(3)4)26-13-12-20-16-27-23-14-18(2)10-11-22(20)23/h6-11,14,16,27H,5,12-13,15,17H2,1-4H3,(H2,25,26,28). The van der Waals surface area contributed by atoms with Crippen LogP contribution in [0.2, 0.25) is 0 Å². The maximum atomic E-state index is 4.81. The molecule has 3 N–H and O–H groups in total. The van der Waals surface area contributed by atoms with E-state index in [1.165, 1.54) is 33.2 Å². The number of fused-ring (bicyclic) bond motifs is 1. The van der Waals surface area contributed by atoms with Gasteiger partial charge in [-0.1, -0.05) is 36.4 Å². The summed E-state index contributed by atoms with van der Waals surface area (Å²) in [6.45, 7) is 7.50. The lowest BCUT2D eigenvalue weighted by molar-refractivity contribution is 0.401. The Morgan fingerprint density at radius 3 is 2.59 bits per heavy atom. The van der Waals surface area contributed by atoms with Crippen LogP contribution in [0.25, 0.3) is 10.9 Å². The average Bonchev–Trinajstić information content (AvgIpc) is 3.08. The number of aromatic amines is 1. The fourth-order valence-corrected chi connectivity index (χ4v) is 3.54. The Hall–Kier alpha value is -2.79. The Balaban J connectivity index is 1.62. The molecule has 154 valence electrons. The molecule has 0 aliphatic rings. The van der Waals surface area contributed by atoms with Crippen molar-refractivity contribution in [2.45, 2.75) is 33.4 Å². The van der Waals surface area contributed by atoms with Crippen molar-refractivity contribution >= 4 is 16.9 Å². The van der Waals surface area contributed by atoms with Crippen LogP contribution in [0.3, 0.4) is 0 Å². The van der Waals surface area contributed by atoms with Crippen LogP contribution in [0, 0.1) is 6.92 Å². The second-order valence-electron chi connectivity index (χ2n) is 7.74. The van der Waals surface area contributed by atoms with Crippen LogP contribution < -0.4 is 10.6 Å². The van der Waals surface area contributed by atoms with Gasteiger partial charge in [0.1, 0.15) is 0 Å². The van der Waals surface area contributed by atoms with Gasteiger partial charge in [-0.15, -0.1) is 0 Å². The van der Waals surface area contributed by atoms with E-state index in [-0.39, 0.29) is 0 Å². The molecule has 5 heteroatoms. The van der Waals surface area contributed by atoms with Gasteiger partial charge in [-0.05, 0) is 62.7 Å². The lowest BCUT2D eigenvalue weighted by atomic mass is 10.1. The van der Waals surface area contributed by atoms with Crippen LogP contribution >= 0.6 is 0 Å². The molecule has 2 aromatic carbocycles. The average molecular weight is 392 g/mol. The quantitative estimate of drug-likeness (QED) is 0.404. The fraction of sp³-hybridized carbons (Fsp3) is 0.375. The Labute approximate surface area is 174 Å². The van der Waals surface area contributed by atoms with E-state index in [4.69, 9.17) is 4.99 Å². The summed E-state index contributed by atoms with van der Waals surface area (Å²) in [6.07, 6.45) is 3.07. The fourth-order valence-electron chi connectivity index (χ4n) is 3.54. The van der Waals surface area contributed by atoms with Gasteiger partial charge in [-0.25, -0.2) is 4.99 Å². The maximum Gasteiger partial charge on any atom is 0.191 e. The van der Waals surface area contributed by atoms with Crippen LogP contribution in [0.1, 0.15) is 29.2 Å². The lowest BCUT2D eigenvalue weighted by Crippen LogP contribution is -2.38.